The molecule has 5 atom stereocenters. The molecule has 0 unspecified atom stereocenters. The Bertz CT molecular complexity index is 495. The van der Waals surface area contributed by atoms with Crippen LogP contribution in [0.3, 0.4) is 0 Å². The van der Waals surface area contributed by atoms with Crippen molar-refractivity contribution < 1.29 is 24.2 Å². The molecule has 2 rings (SSSR count). The summed E-state index contributed by atoms with van der Waals surface area (Å²) in [7, 11) is 0. The van der Waals surface area contributed by atoms with Gasteiger partial charge in [-0.15, -0.1) is 0 Å². The highest BCUT2D eigenvalue weighted by Gasteiger charge is 2.48. The van der Waals surface area contributed by atoms with Crippen LogP contribution in [0.2, 0.25) is 0 Å². The van der Waals surface area contributed by atoms with Gasteiger partial charge in [0, 0.05) is 6.04 Å². The Hall–Kier alpha value is -1.63. The fourth-order valence-electron chi connectivity index (χ4n) is 4.00. The van der Waals surface area contributed by atoms with Gasteiger partial charge >= 0.3 is 11.9 Å². The molecule has 1 saturated carbocycles. The SMILES string of the molecule is CCOC(=O)[C@H](C)N[C@@H](C)C(=O)N1[C@H](C(=O)O)C[C@@H]2CCCC[C@@H]21. The number of esters is 1. The third-order valence-electron chi connectivity index (χ3n) is 5.14. The number of likely N-dealkylation sites (tertiary alicyclic amines) is 1. The van der Waals surface area contributed by atoms with Gasteiger partial charge in [0.2, 0.25) is 5.91 Å². The van der Waals surface area contributed by atoms with Crippen molar-refractivity contribution in [2.45, 2.75) is 77.0 Å². The van der Waals surface area contributed by atoms with E-state index in [1.807, 2.05) is 0 Å². The number of hydrogen-bond acceptors (Lipinski definition) is 5. The van der Waals surface area contributed by atoms with Crippen LogP contribution in [0, 0.1) is 5.92 Å². The molecule has 1 saturated heterocycles. The van der Waals surface area contributed by atoms with Gasteiger partial charge in [-0.05, 0) is 46.0 Å². The molecule has 7 heteroatoms. The van der Waals surface area contributed by atoms with E-state index in [1.54, 1.807) is 25.7 Å². The van der Waals surface area contributed by atoms with Crippen molar-refractivity contribution in [1.82, 2.24) is 10.2 Å². The molecule has 1 amide bonds. The first kappa shape index (κ1) is 18.7. The Kier molecular flexibility index (Phi) is 6.21. The molecule has 0 aromatic rings. The van der Waals surface area contributed by atoms with Crippen LogP contribution in [-0.4, -0.2) is 58.6 Å². The van der Waals surface area contributed by atoms with Crippen LogP contribution in [0.25, 0.3) is 0 Å². The van der Waals surface area contributed by atoms with Gasteiger partial charge in [0.15, 0.2) is 0 Å². The van der Waals surface area contributed by atoms with E-state index in [0.717, 1.165) is 25.7 Å². The van der Waals surface area contributed by atoms with E-state index in [-0.39, 0.29) is 24.5 Å². The molecule has 2 N–H and O–H groups in total. The van der Waals surface area contributed by atoms with Gasteiger partial charge in [0.05, 0.1) is 12.6 Å². The molecule has 0 radical (unpaired) electrons. The lowest BCUT2D eigenvalue weighted by Gasteiger charge is -2.35. The lowest BCUT2D eigenvalue weighted by molar-refractivity contribution is -0.151. The van der Waals surface area contributed by atoms with Gasteiger partial charge in [-0.1, -0.05) is 12.8 Å². The van der Waals surface area contributed by atoms with Crippen LogP contribution in [-0.2, 0) is 19.1 Å². The number of carbonyl (C=O) groups is 3. The molecule has 136 valence electrons. The summed E-state index contributed by atoms with van der Waals surface area (Å²) in [5, 5.41) is 12.5. The summed E-state index contributed by atoms with van der Waals surface area (Å²) in [4.78, 5) is 37.8. The molecule has 1 aliphatic heterocycles. The monoisotopic (exact) mass is 340 g/mol. The fraction of sp³-hybridized carbons (Fsp3) is 0.824. The number of nitrogens with one attached hydrogen (secondary N) is 1. The van der Waals surface area contributed by atoms with Crippen molar-refractivity contribution in [3.05, 3.63) is 0 Å². The number of aliphatic carboxylic acids is 1. The Morgan fingerprint density at radius 3 is 2.50 bits per heavy atom. The first-order valence-corrected chi connectivity index (χ1v) is 8.84. The van der Waals surface area contributed by atoms with Crippen LogP contribution in [0.5, 0.6) is 0 Å². The first-order valence-electron chi connectivity index (χ1n) is 8.84. The molecule has 0 spiro atoms. The number of amides is 1. The summed E-state index contributed by atoms with van der Waals surface area (Å²) in [5.41, 5.74) is 0. The minimum atomic E-state index is -0.941. The highest BCUT2D eigenvalue weighted by molar-refractivity contribution is 5.88. The van der Waals surface area contributed by atoms with Crippen LogP contribution < -0.4 is 5.32 Å². The average molecular weight is 340 g/mol. The normalized spacial score (nSPS) is 28.8. The molecular formula is C17H28N2O5. The van der Waals surface area contributed by atoms with Crippen molar-refractivity contribution in [1.29, 1.82) is 0 Å². The molecule has 7 nitrogen and oxygen atoms in total. The molecule has 1 aliphatic carbocycles. The van der Waals surface area contributed by atoms with Crippen LogP contribution in [0.4, 0.5) is 0 Å². The molecule has 2 fully saturated rings. The number of hydrogen-bond donors (Lipinski definition) is 2. The van der Waals surface area contributed by atoms with E-state index >= 15 is 0 Å². The minimum absolute atomic E-state index is 0.00880. The highest BCUT2D eigenvalue weighted by atomic mass is 16.5. The van der Waals surface area contributed by atoms with Crippen molar-refractivity contribution >= 4 is 17.8 Å². The fourth-order valence-corrected chi connectivity index (χ4v) is 4.00. The van der Waals surface area contributed by atoms with Gasteiger partial charge in [0.1, 0.15) is 12.1 Å². The predicted molar refractivity (Wildman–Crippen MR) is 87.3 cm³/mol. The third kappa shape index (κ3) is 3.88. The zero-order chi connectivity index (χ0) is 17.9. The minimum Gasteiger partial charge on any atom is -0.480 e. The average Bonchev–Trinajstić information content (AvgIpc) is 2.93. The molecule has 24 heavy (non-hydrogen) atoms. The molecule has 0 aromatic heterocycles. The summed E-state index contributed by atoms with van der Waals surface area (Å²) in [6, 6.07) is -1.99. The second-order valence-electron chi connectivity index (χ2n) is 6.81. The number of nitrogens with zero attached hydrogens (tertiary/aromatic N) is 1. The second-order valence-corrected chi connectivity index (χ2v) is 6.81. The summed E-state index contributed by atoms with van der Waals surface area (Å²) >= 11 is 0. The molecule has 2 aliphatic rings. The van der Waals surface area contributed by atoms with Crippen LogP contribution in [0.1, 0.15) is 52.9 Å². The number of rotatable bonds is 6. The van der Waals surface area contributed by atoms with E-state index < -0.39 is 30.1 Å². The number of ether oxygens (including phenoxy) is 1. The smallest absolute Gasteiger partial charge is 0.326 e. The number of fused-ring (bicyclic) bond motifs is 1. The van der Waals surface area contributed by atoms with Gasteiger partial charge in [0.25, 0.3) is 0 Å². The van der Waals surface area contributed by atoms with Crippen molar-refractivity contribution in [2.75, 3.05) is 6.61 Å². The Labute approximate surface area is 142 Å². The quantitative estimate of drug-likeness (QED) is 0.705. The number of carboxylic acids is 1. The Morgan fingerprint density at radius 2 is 1.88 bits per heavy atom. The maximum atomic E-state index is 12.9. The van der Waals surface area contributed by atoms with Gasteiger partial charge in [-0.3, -0.25) is 14.9 Å². The van der Waals surface area contributed by atoms with E-state index in [0.29, 0.717) is 6.42 Å². The van der Waals surface area contributed by atoms with E-state index in [9.17, 15) is 19.5 Å². The standard InChI is InChI=1S/C17H28N2O5/c1-4-24-17(23)11(3)18-10(2)15(20)19-13-8-6-5-7-12(13)9-14(19)16(21)22/h10-14,18H,4-9H2,1-3H3,(H,21,22)/t10-,11-,12-,13-,14-/m0/s1. The molecular weight excluding hydrogens is 312 g/mol. The molecule has 0 aromatic carbocycles. The zero-order valence-corrected chi connectivity index (χ0v) is 14.7. The summed E-state index contributed by atoms with van der Waals surface area (Å²) in [6.45, 7) is 5.32. The highest BCUT2D eigenvalue weighted by Crippen LogP contribution is 2.40. The van der Waals surface area contributed by atoms with E-state index in [2.05, 4.69) is 5.32 Å². The van der Waals surface area contributed by atoms with Crippen molar-refractivity contribution in [2.24, 2.45) is 5.92 Å². The Balaban J connectivity index is 2.07. The van der Waals surface area contributed by atoms with Crippen molar-refractivity contribution in [3.8, 4) is 0 Å². The molecule has 1 heterocycles. The number of carboxylic acid groups (broad SMARTS) is 1. The Morgan fingerprint density at radius 1 is 1.21 bits per heavy atom. The summed E-state index contributed by atoms with van der Waals surface area (Å²) in [5.74, 6) is -1.32. The predicted octanol–water partition coefficient (Wildman–Crippen LogP) is 1.16. The summed E-state index contributed by atoms with van der Waals surface area (Å²) in [6.07, 6.45) is 4.51. The number of carbonyl (C=O) groups excluding carboxylic acids is 2. The summed E-state index contributed by atoms with van der Waals surface area (Å²) < 4.78 is 4.93. The van der Waals surface area contributed by atoms with E-state index in [1.165, 1.54) is 0 Å². The lowest BCUT2D eigenvalue weighted by atomic mass is 9.84. The lowest BCUT2D eigenvalue weighted by Crippen LogP contribution is -2.55. The maximum absolute atomic E-state index is 12.9. The first-order chi connectivity index (χ1) is 11.4. The van der Waals surface area contributed by atoms with Gasteiger partial charge in [-0.2, -0.15) is 0 Å². The topological polar surface area (TPSA) is 95.9 Å². The third-order valence-corrected chi connectivity index (χ3v) is 5.14. The maximum Gasteiger partial charge on any atom is 0.326 e. The van der Waals surface area contributed by atoms with Crippen LogP contribution >= 0.6 is 0 Å². The van der Waals surface area contributed by atoms with Gasteiger partial charge < -0.3 is 14.7 Å². The van der Waals surface area contributed by atoms with Crippen LogP contribution in [0.15, 0.2) is 0 Å². The second kappa shape index (κ2) is 7.96. The van der Waals surface area contributed by atoms with Gasteiger partial charge in [-0.25, -0.2) is 4.79 Å². The molecule has 0 bridgehead atoms. The van der Waals surface area contributed by atoms with Crippen molar-refractivity contribution in [3.63, 3.8) is 0 Å². The largest absolute Gasteiger partial charge is 0.480 e. The zero-order valence-electron chi connectivity index (χ0n) is 14.7. The van der Waals surface area contributed by atoms with E-state index in [4.69, 9.17) is 4.74 Å².